The Morgan fingerprint density at radius 2 is 1.92 bits per heavy atom. The number of esters is 1. The Morgan fingerprint density at radius 1 is 1.24 bits per heavy atom. The third-order valence-corrected chi connectivity index (χ3v) is 4.90. The smallest absolute Gasteiger partial charge is 0.348 e. The van der Waals surface area contributed by atoms with Crippen LogP contribution in [0.25, 0.3) is 10.2 Å². The van der Waals surface area contributed by atoms with Gasteiger partial charge in [0.15, 0.2) is 0 Å². The van der Waals surface area contributed by atoms with Crippen LogP contribution in [0.3, 0.4) is 0 Å². The largest absolute Gasteiger partial charge is 0.465 e. The second-order valence-corrected chi connectivity index (χ2v) is 6.47. The fourth-order valence-electron chi connectivity index (χ4n) is 2.35. The molecule has 0 aliphatic rings. The first-order valence-electron chi connectivity index (χ1n) is 7.12. The lowest BCUT2D eigenvalue weighted by Gasteiger charge is -2.08. The summed E-state index contributed by atoms with van der Waals surface area (Å²) in [5.74, 6) is -0.477. The third kappa shape index (κ3) is 3.26. The van der Waals surface area contributed by atoms with Crippen LogP contribution in [-0.4, -0.2) is 29.0 Å². The summed E-state index contributed by atoms with van der Waals surface area (Å²) < 4.78 is 4.80. The summed E-state index contributed by atoms with van der Waals surface area (Å²) >= 11 is 7.19. The van der Waals surface area contributed by atoms with E-state index in [1.54, 1.807) is 31.2 Å². The van der Waals surface area contributed by atoms with Crippen molar-refractivity contribution in [1.82, 2.24) is 9.97 Å². The minimum Gasteiger partial charge on any atom is -0.465 e. The molecule has 1 amide bonds. The SMILES string of the molecule is COC(=O)c1sc2nc(Cl)nc(Nc3ccc(C(N)=O)cc3)c2c1C. The van der Waals surface area contributed by atoms with Gasteiger partial charge in [-0.3, -0.25) is 4.79 Å². The maximum absolute atomic E-state index is 11.9. The van der Waals surface area contributed by atoms with Crippen LogP contribution in [0.5, 0.6) is 0 Å². The van der Waals surface area contributed by atoms with Crippen LogP contribution in [-0.2, 0) is 4.74 Å². The Kier molecular flexibility index (Phi) is 4.56. The monoisotopic (exact) mass is 376 g/mol. The molecular formula is C16H13ClN4O3S. The molecule has 2 heterocycles. The number of carbonyl (C=O) groups excluding carboxylic acids is 2. The quantitative estimate of drug-likeness (QED) is 0.534. The number of anilines is 2. The first-order chi connectivity index (χ1) is 11.9. The molecule has 3 aromatic rings. The van der Waals surface area contributed by atoms with Gasteiger partial charge in [-0.15, -0.1) is 11.3 Å². The Labute approximate surface area is 151 Å². The summed E-state index contributed by atoms with van der Waals surface area (Å²) in [6.45, 7) is 1.80. The van der Waals surface area contributed by atoms with Gasteiger partial charge in [0.05, 0.1) is 12.5 Å². The molecule has 0 aliphatic carbocycles. The highest BCUT2D eigenvalue weighted by Gasteiger charge is 2.21. The molecule has 128 valence electrons. The predicted molar refractivity (Wildman–Crippen MR) is 96.7 cm³/mol. The molecule has 0 unspecified atom stereocenters. The number of fused-ring (bicyclic) bond motifs is 1. The topological polar surface area (TPSA) is 107 Å². The predicted octanol–water partition coefficient (Wildman–Crippen LogP) is 3.28. The van der Waals surface area contributed by atoms with Gasteiger partial charge in [-0.1, -0.05) is 0 Å². The van der Waals surface area contributed by atoms with Gasteiger partial charge in [-0.05, 0) is 48.4 Å². The molecule has 0 radical (unpaired) electrons. The number of thiophene rings is 1. The fourth-order valence-corrected chi connectivity index (χ4v) is 3.66. The number of rotatable bonds is 4. The zero-order valence-corrected chi connectivity index (χ0v) is 14.9. The van der Waals surface area contributed by atoms with Gasteiger partial charge in [0, 0.05) is 11.3 Å². The van der Waals surface area contributed by atoms with E-state index in [2.05, 4.69) is 15.3 Å². The highest BCUT2D eigenvalue weighted by Crippen LogP contribution is 2.36. The maximum atomic E-state index is 11.9. The molecule has 9 heteroatoms. The van der Waals surface area contributed by atoms with Gasteiger partial charge in [-0.25, -0.2) is 9.78 Å². The third-order valence-electron chi connectivity index (χ3n) is 3.57. The lowest BCUT2D eigenvalue weighted by atomic mass is 10.2. The molecule has 0 spiro atoms. The van der Waals surface area contributed by atoms with E-state index in [9.17, 15) is 9.59 Å². The Balaban J connectivity index is 2.07. The fraction of sp³-hybridized carbons (Fsp3) is 0.125. The molecule has 0 atom stereocenters. The lowest BCUT2D eigenvalue weighted by Crippen LogP contribution is -2.10. The maximum Gasteiger partial charge on any atom is 0.348 e. The number of halogens is 1. The van der Waals surface area contributed by atoms with E-state index in [0.717, 1.165) is 0 Å². The minimum atomic E-state index is -0.504. The van der Waals surface area contributed by atoms with Crippen LogP contribution in [0.2, 0.25) is 5.28 Å². The molecule has 2 aromatic heterocycles. The summed E-state index contributed by atoms with van der Waals surface area (Å²) in [6, 6.07) is 6.60. The molecule has 0 fully saturated rings. The lowest BCUT2D eigenvalue weighted by molar-refractivity contribution is 0.0605. The van der Waals surface area contributed by atoms with Gasteiger partial charge in [-0.2, -0.15) is 4.98 Å². The van der Waals surface area contributed by atoms with Crippen molar-refractivity contribution in [2.45, 2.75) is 6.92 Å². The highest BCUT2D eigenvalue weighted by atomic mass is 35.5. The van der Waals surface area contributed by atoms with Crippen molar-refractivity contribution < 1.29 is 14.3 Å². The van der Waals surface area contributed by atoms with Crippen LogP contribution in [0.15, 0.2) is 24.3 Å². The number of aromatic nitrogens is 2. The van der Waals surface area contributed by atoms with Crippen LogP contribution in [0.4, 0.5) is 11.5 Å². The zero-order chi connectivity index (χ0) is 18.1. The van der Waals surface area contributed by atoms with Crippen molar-refractivity contribution in [3.05, 3.63) is 45.6 Å². The van der Waals surface area contributed by atoms with Crippen molar-refractivity contribution >= 4 is 56.5 Å². The van der Waals surface area contributed by atoms with Crippen LogP contribution < -0.4 is 11.1 Å². The van der Waals surface area contributed by atoms with Crippen LogP contribution in [0.1, 0.15) is 25.6 Å². The first-order valence-corrected chi connectivity index (χ1v) is 8.32. The molecular weight excluding hydrogens is 364 g/mol. The van der Waals surface area contributed by atoms with E-state index >= 15 is 0 Å². The van der Waals surface area contributed by atoms with E-state index in [4.69, 9.17) is 22.1 Å². The number of carbonyl (C=O) groups is 2. The number of amides is 1. The Bertz CT molecular complexity index is 985. The van der Waals surface area contributed by atoms with E-state index < -0.39 is 11.9 Å². The summed E-state index contributed by atoms with van der Waals surface area (Å²) in [5.41, 5.74) is 7.03. The number of hydrogen-bond acceptors (Lipinski definition) is 7. The van der Waals surface area contributed by atoms with Crippen molar-refractivity contribution in [1.29, 1.82) is 0 Å². The van der Waals surface area contributed by atoms with E-state index in [-0.39, 0.29) is 5.28 Å². The van der Waals surface area contributed by atoms with Crippen molar-refractivity contribution in [2.75, 3.05) is 12.4 Å². The molecule has 7 nitrogen and oxygen atoms in total. The normalized spacial score (nSPS) is 10.7. The van der Waals surface area contributed by atoms with Gasteiger partial charge >= 0.3 is 5.97 Å². The van der Waals surface area contributed by atoms with E-state index in [1.165, 1.54) is 18.4 Å². The molecule has 0 aliphatic heterocycles. The van der Waals surface area contributed by atoms with Gasteiger partial charge in [0.1, 0.15) is 15.5 Å². The molecule has 25 heavy (non-hydrogen) atoms. The highest BCUT2D eigenvalue weighted by molar-refractivity contribution is 7.20. The van der Waals surface area contributed by atoms with E-state index in [1.807, 2.05) is 0 Å². The van der Waals surface area contributed by atoms with Gasteiger partial charge in [0.2, 0.25) is 11.2 Å². The second kappa shape index (κ2) is 6.66. The average molecular weight is 377 g/mol. The van der Waals surface area contributed by atoms with Crippen molar-refractivity contribution in [3.63, 3.8) is 0 Å². The molecule has 1 aromatic carbocycles. The summed E-state index contributed by atoms with van der Waals surface area (Å²) in [4.78, 5) is 32.5. The number of primary amides is 1. The van der Waals surface area contributed by atoms with Crippen molar-refractivity contribution in [3.8, 4) is 0 Å². The number of nitrogens with two attached hydrogens (primary N) is 1. The van der Waals surface area contributed by atoms with Gasteiger partial charge in [0.25, 0.3) is 0 Å². The zero-order valence-electron chi connectivity index (χ0n) is 13.3. The number of aryl methyl sites for hydroxylation is 1. The molecule has 3 N–H and O–H groups in total. The molecule has 3 rings (SSSR count). The van der Waals surface area contributed by atoms with Crippen molar-refractivity contribution in [2.24, 2.45) is 5.73 Å². The Hall–Kier alpha value is -2.71. The Morgan fingerprint density at radius 3 is 2.52 bits per heavy atom. The van der Waals surface area contributed by atoms with Gasteiger partial charge < -0.3 is 15.8 Å². The summed E-state index contributed by atoms with van der Waals surface area (Å²) in [5, 5.41) is 3.88. The number of methoxy groups -OCH3 is 1. The molecule has 0 bridgehead atoms. The number of nitrogens with one attached hydrogen (secondary N) is 1. The minimum absolute atomic E-state index is 0.0569. The van der Waals surface area contributed by atoms with Crippen LogP contribution in [0, 0.1) is 6.92 Å². The standard InChI is InChI=1S/C16H13ClN4O3S/c1-7-10-13(19-9-5-3-8(4-6-9)12(18)22)20-16(17)21-14(10)25-11(7)15(23)24-2/h3-6H,1-2H3,(H2,18,22)(H,19,20,21). The molecule has 0 saturated carbocycles. The van der Waals surface area contributed by atoms with Crippen LogP contribution >= 0.6 is 22.9 Å². The summed E-state index contributed by atoms with van der Waals surface area (Å²) in [6.07, 6.45) is 0. The average Bonchev–Trinajstić information content (AvgIpc) is 2.91. The first kappa shape index (κ1) is 17.1. The molecule has 0 saturated heterocycles. The second-order valence-electron chi connectivity index (χ2n) is 5.14. The number of benzene rings is 1. The number of nitrogens with zero attached hydrogens (tertiary/aromatic N) is 2. The van der Waals surface area contributed by atoms with E-state index in [0.29, 0.717) is 37.7 Å². The summed E-state index contributed by atoms with van der Waals surface area (Å²) in [7, 11) is 1.32. The number of ether oxygens (including phenoxy) is 1. The number of hydrogen-bond donors (Lipinski definition) is 2.